The molecular formula is C7H20O3Si3. The lowest BCUT2D eigenvalue weighted by molar-refractivity contribution is 0.233. The molecule has 6 heteroatoms. The largest absolute Gasteiger partial charge is 0.416 e. The molecular weight excluding hydrogens is 216 g/mol. The van der Waals surface area contributed by atoms with E-state index in [1.165, 1.54) is 0 Å². The summed E-state index contributed by atoms with van der Waals surface area (Å²) >= 11 is 0. The molecule has 3 nitrogen and oxygen atoms in total. The first-order chi connectivity index (χ1) is 5.68. The van der Waals surface area contributed by atoms with Crippen molar-refractivity contribution in [3.8, 4) is 0 Å². The van der Waals surface area contributed by atoms with Crippen LogP contribution in [0.1, 0.15) is 6.92 Å². The quantitative estimate of drug-likeness (QED) is 0.655. The van der Waals surface area contributed by atoms with Crippen LogP contribution in [0.2, 0.25) is 38.8 Å². The van der Waals surface area contributed by atoms with Crippen molar-refractivity contribution in [2.75, 3.05) is 0 Å². The minimum atomic E-state index is -1.88. The van der Waals surface area contributed by atoms with Gasteiger partial charge in [0, 0.05) is 0 Å². The smallest absolute Gasteiger partial charge is 0.317 e. The van der Waals surface area contributed by atoms with Crippen molar-refractivity contribution in [1.82, 2.24) is 0 Å². The van der Waals surface area contributed by atoms with Crippen LogP contribution in [0, 0.1) is 0 Å². The van der Waals surface area contributed by atoms with Crippen molar-refractivity contribution < 1.29 is 12.3 Å². The summed E-state index contributed by atoms with van der Waals surface area (Å²) in [5, 5.41) is 0. The first-order valence-electron chi connectivity index (χ1n) is 4.79. The fourth-order valence-electron chi connectivity index (χ4n) is 1.84. The second-order valence-electron chi connectivity index (χ2n) is 4.59. The Hall–Kier alpha value is 0.531. The van der Waals surface area contributed by atoms with Crippen molar-refractivity contribution in [3.63, 3.8) is 0 Å². The van der Waals surface area contributed by atoms with Crippen molar-refractivity contribution in [3.05, 3.63) is 0 Å². The molecule has 0 aliphatic carbocycles. The number of hydrogen-bond donors (Lipinski definition) is 0. The lowest BCUT2D eigenvalue weighted by Gasteiger charge is -2.47. The van der Waals surface area contributed by atoms with E-state index in [9.17, 15) is 0 Å². The molecule has 0 aromatic heterocycles. The van der Waals surface area contributed by atoms with Gasteiger partial charge in [-0.25, -0.2) is 0 Å². The van der Waals surface area contributed by atoms with E-state index >= 15 is 0 Å². The Balaban J connectivity index is 2.84. The van der Waals surface area contributed by atoms with Gasteiger partial charge < -0.3 is 12.3 Å². The first kappa shape index (κ1) is 11.6. The highest BCUT2D eigenvalue weighted by Crippen LogP contribution is 2.32. The summed E-state index contributed by atoms with van der Waals surface area (Å²) in [6.45, 7) is 12.8. The molecule has 0 aromatic carbocycles. The number of rotatable bonds is 1. The molecule has 1 rings (SSSR count). The lowest BCUT2D eigenvalue weighted by atomic mass is 11.0. The third kappa shape index (κ3) is 3.00. The monoisotopic (exact) mass is 236 g/mol. The molecule has 1 saturated heterocycles. The Labute approximate surface area is 84.1 Å². The van der Waals surface area contributed by atoms with Crippen LogP contribution in [0.4, 0.5) is 0 Å². The minimum Gasteiger partial charge on any atom is -0.416 e. The molecule has 0 N–H and O–H groups in total. The molecule has 0 aromatic rings. The predicted octanol–water partition coefficient (Wildman–Crippen LogP) is 2.55. The van der Waals surface area contributed by atoms with Gasteiger partial charge in [-0.1, -0.05) is 6.92 Å². The minimum absolute atomic E-state index is 1.02. The van der Waals surface area contributed by atoms with Crippen molar-refractivity contribution >= 4 is 25.7 Å². The Morgan fingerprint density at radius 2 is 1.15 bits per heavy atom. The van der Waals surface area contributed by atoms with E-state index in [1.54, 1.807) is 0 Å². The van der Waals surface area contributed by atoms with Crippen molar-refractivity contribution in [2.24, 2.45) is 0 Å². The van der Waals surface area contributed by atoms with Gasteiger partial charge in [0.25, 0.3) is 0 Å². The summed E-state index contributed by atoms with van der Waals surface area (Å²) in [4.78, 5) is 0. The lowest BCUT2D eigenvalue weighted by Crippen LogP contribution is -2.65. The third-order valence-electron chi connectivity index (χ3n) is 2.06. The molecule has 0 unspecified atom stereocenters. The second kappa shape index (κ2) is 3.28. The molecule has 0 amide bonds. The molecule has 1 aliphatic rings. The standard InChI is InChI=1S/C7H20O3Si3/c1-7-13(6)9-11(2,3)8-12(4,5)10-13/h7H2,1-6H3. The molecule has 0 radical (unpaired) electrons. The fourth-order valence-corrected chi connectivity index (χ4v) is 17.7. The van der Waals surface area contributed by atoms with Crippen LogP contribution in [-0.2, 0) is 12.3 Å². The molecule has 0 saturated carbocycles. The molecule has 1 fully saturated rings. The maximum absolute atomic E-state index is 6.01. The normalized spacial score (nSPS) is 30.0. The van der Waals surface area contributed by atoms with Crippen LogP contribution in [0.25, 0.3) is 0 Å². The van der Waals surface area contributed by atoms with E-state index in [0.29, 0.717) is 0 Å². The van der Waals surface area contributed by atoms with E-state index < -0.39 is 25.7 Å². The molecule has 1 aliphatic heterocycles. The van der Waals surface area contributed by atoms with E-state index in [2.05, 4.69) is 39.7 Å². The summed E-state index contributed by atoms with van der Waals surface area (Å²) < 4.78 is 18.0. The van der Waals surface area contributed by atoms with Crippen LogP contribution in [0.5, 0.6) is 0 Å². The average molecular weight is 236 g/mol. The van der Waals surface area contributed by atoms with Gasteiger partial charge in [0.15, 0.2) is 0 Å². The Bertz CT molecular complexity index is 189. The molecule has 0 bridgehead atoms. The number of hydrogen-bond acceptors (Lipinski definition) is 3. The highest BCUT2D eigenvalue weighted by atomic mass is 28.5. The van der Waals surface area contributed by atoms with Gasteiger partial charge in [-0.3, -0.25) is 0 Å². The third-order valence-corrected chi connectivity index (χ3v) is 14.7. The topological polar surface area (TPSA) is 27.7 Å². The molecule has 1 heterocycles. The van der Waals surface area contributed by atoms with Crippen molar-refractivity contribution in [1.29, 1.82) is 0 Å². The maximum atomic E-state index is 6.01. The van der Waals surface area contributed by atoms with Crippen LogP contribution < -0.4 is 0 Å². The van der Waals surface area contributed by atoms with Crippen molar-refractivity contribution in [2.45, 2.75) is 45.7 Å². The Morgan fingerprint density at radius 3 is 1.46 bits per heavy atom. The first-order valence-corrected chi connectivity index (χ1v) is 12.9. The van der Waals surface area contributed by atoms with E-state index in [0.717, 1.165) is 6.04 Å². The van der Waals surface area contributed by atoms with Gasteiger partial charge in [0.2, 0.25) is 0 Å². The predicted molar refractivity (Wildman–Crippen MR) is 60.3 cm³/mol. The highest BCUT2D eigenvalue weighted by molar-refractivity contribution is 6.92. The van der Waals surface area contributed by atoms with E-state index in [-0.39, 0.29) is 0 Å². The van der Waals surface area contributed by atoms with E-state index in [4.69, 9.17) is 12.3 Å². The highest BCUT2D eigenvalue weighted by Gasteiger charge is 2.51. The molecule has 0 atom stereocenters. The van der Waals surface area contributed by atoms with Gasteiger partial charge in [-0.15, -0.1) is 0 Å². The van der Waals surface area contributed by atoms with E-state index in [1.807, 2.05) is 0 Å². The summed E-state index contributed by atoms with van der Waals surface area (Å²) in [5.41, 5.74) is 0. The van der Waals surface area contributed by atoms with Crippen LogP contribution in [0.3, 0.4) is 0 Å². The van der Waals surface area contributed by atoms with Crippen LogP contribution >= 0.6 is 0 Å². The fraction of sp³-hybridized carbons (Fsp3) is 1.00. The Kier molecular flexibility index (Phi) is 2.93. The molecule has 78 valence electrons. The van der Waals surface area contributed by atoms with Crippen LogP contribution in [0.15, 0.2) is 0 Å². The van der Waals surface area contributed by atoms with Crippen LogP contribution in [-0.4, -0.2) is 25.7 Å². The molecule has 13 heavy (non-hydrogen) atoms. The van der Waals surface area contributed by atoms with Gasteiger partial charge in [-0.2, -0.15) is 0 Å². The van der Waals surface area contributed by atoms with Gasteiger partial charge in [-0.05, 0) is 38.8 Å². The summed E-state index contributed by atoms with van der Waals surface area (Å²) in [7, 11) is -5.65. The average Bonchev–Trinajstić information content (AvgIpc) is 1.79. The van der Waals surface area contributed by atoms with Gasteiger partial charge >= 0.3 is 25.7 Å². The summed E-state index contributed by atoms with van der Waals surface area (Å²) in [5.74, 6) is 0. The zero-order valence-electron chi connectivity index (χ0n) is 9.43. The summed E-state index contributed by atoms with van der Waals surface area (Å²) in [6.07, 6.45) is 0. The van der Waals surface area contributed by atoms with Gasteiger partial charge in [0.05, 0.1) is 0 Å². The Morgan fingerprint density at radius 1 is 0.769 bits per heavy atom. The second-order valence-corrected chi connectivity index (χ2v) is 15.6. The SMILES string of the molecule is CC[Si]1(C)O[Si](C)(C)O[Si](C)(C)O1. The maximum Gasteiger partial charge on any atom is 0.317 e. The zero-order valence-corrected chi connectivity index (χ0v) is 12.4. The molecule has 0 spiro atoms. The van der Waals surface area contributed by atoms with Gasteiger partial charge in [0.1, 0.15) is 0 Å². The summed E-state index contributed by atoms with van der Waals surface area (Å²) in [6, 6.07) is 1.02. The zero-order chi connectivity index (χ0) is 10.3.